The van der Waals surface area contributed by atoms with Crippen LogP contribution in [0.15, 0.2) is 67.0 Å². The molecular weight excluding hydrogens is 348 g/mol. The molecule has 5 heteroatoms. The highest BCUT2D eigenvalue weighted by Crippen LogP contribution is 2.27. The molecule has 0 spiro atoms. The number of carbonyl (C=O) groups excluding carboxylic acids is 1. The topological polar surface area (TPSA) is 66.9 Å². The molecular formula is C23H24N4O. The lowest BCUT2D eigenvalue weighted by molar-refractivity contribution is 0.0946. The van der Waals surface area contributed by atoms with Gasteiger partial charge >= 0.3 is 0 Å². The van der Waals surface area contributed by atoms with E-state index in [0.29, 0.717) is 18.3 Å². The molecule has 4 rings (SSSR count). The van der Waals surface area contributed by atoms with Crippen molar-refractivity contribution in [3.63, 3.8) is 0 Å². The van der Waals surface area contributed by atoms with Crippen LogP contribution in [0.25, 0.3) is 0 Å². The van der Waals surface area contributed by atoms with Crippen LogP contribution in [-0.2, 0) is 19.5 Å². The minimum atomic E-state index is -0.158. The van der Waals surface area contributed by atoms with Crippen LogP contribution < -0.4 is 10.6 Å². The zero-order valence-electron chi connectivity index (χ0n) is 15.8. The van der Waals surface area contributed by atoms with E-state index in [9.17, 15) is 4.79 Å². The maximum Gasteiger partial charge on any atom is 0.270 e. The number of nitrogens with zero attached hydrogens (tertiary/aromatic N) is 2. The lowest BCUT2D eigenvalue weighted by Gasteiger charge is -2.25. The molecule has 1 aliphatic carbocycles. The van der Waals surface area contributed by atoms with Crippen molar-refractivity contribution >= 4 is 5.91 Å². The molecule has 28 heavy (non-hydrogen) atoms. The number of amides is 1. The summed E-state index contributed by atoms with van der Waals surface area (Å²) in [5, 5.41) is 6.55. The fourth-order valence-electron chi connectivity index (χ4n) is 3.59. The Bertz CT molecular complexity index is 925. The van der Waals surface area contributed by atoms with Gasteiger partial charge in [-0.1, -0.05) is 36.4 Å². The van der Waals surface area contributed by atoms with Crippen molar-refractivity contribution in [2.24, 2.45) is 0 Å². The Morgan fingerprint density at radius 1 is 0.929 bits per heavy atom. The fourth-order valence-corrected chi connectivity index (χ4v) is 3.59. The number of aryl methyl sites for hydroxylation is 1. The van der Waals surface area contributed by atoms with Crippen LogP contribution in [0.1, 0.15) is 51.8 Å². The summed E-state index contributed by atoms with van der Waals surface area (Å²) in [6, 6.07) is 18.2. The highest BCUT2D eigenvalue weighted by Gasteiger charge is 2.20. The van der Waals surface area contributed by atoms with Crippen molar-refractivity contribution in [2.75, 3.05) is 0 Å². The van der Waals surface area contributed by atoms with Crippen molar-refractivity contribution in [3.8, 4) is 0 Å². The monoisotopic (exact) mass is 372 g/mol. The quantitative estimate of drug-likeness (QED) is 0.694. The number of aromatic nitrogens is 2. The van der Waals surface area contributed by atoms with Crippen LogP contribution in [0.4, 0.5) is 0 Å². The Balaban J connectivity index is 1.30. The van der Waals surface area contributed by atoms with Crippen LogP contribution >= 0.6 is 0 Å². The molecule has 142 valence electrons. The van der Waals surface area contributed by atoms with Crippen LogP contribution in [0.2, 0.25) is 0 Å². The predicted octanol–water partition coefficient (Wildman–Crippen LogP) is 3.57. The second-order valence-electron chi connectivity index (χ2n) is 7.09. The van der Waals surface area contributed by atoms with Gasteiger partial charge in [-0.2, -0.15) is 0 Å². The van der Waals surface area contributed by atoms with Crippen molar-refractivity contribution in [3.05, 3.63) is 95.1 Å². The first-order chi connectivity index (χ1) is 13.8. The van der Waals surface area contributed by atoms with Gasteiger partial charge in [0.2, 0.25) is 0 Å². The summed E-state index contributed by atoms with van der Waals surface area (Å²) in [6.45, 7) is 1.30. The molecule has 0 saturated heterocycles. The van der Waals surface area contributed by atoms with Crippen molar-refractivity contribution in [1.82, 2.24) is 20.6 Å². The van der Waals surface area contributed by atoms with Gasteiger partial charge in [0, 0.05) is 25.5 Å². The Morgan fingerprint density at radius 3 is 2.50 bits per heavy atom. The molecule has 0 bridgehead atoms. The van der Waals surface area contributed by atoms with E-state index in [1.807, 2.05) is 18.3 Å². The molecule has 1 aromatic carbocycles. The third-order valence-electron chi connectivity index (χ3n) is 5.12. The van der Waals surface area contributed by atoms with E-state index in [2.05, 4.69) is 50.9 Å². The van der Waals surface area contributed by atoms with E-state index >= 15 is 0 Å². The zero-order valence-corrected chi connectivity index (χ0v) is 15.8. The highest BCUT2D eigenvalue weighted by atomic mass is 16.1. The fraction of sp³-hybridized carbons (Fsp3) is 0.261. The van der Waals surface area contributed by atoms with E-state index in [1.54, 1.807) is 18.3 Å². The molecule has 2 N–H and O–H groups in total. The maximum atomic E-state index is 12.1. The lowest BCUT2D eigenvalue weighted by Crippen LogP contribution is -2.26. The molecule has 0 aliphatic heterocycles. The van der Waals surface area contributed by atoms with Gasteiger partial charge in [0.25, 0.3) is 5.91 Å². The number of carbonyl (C=O) groups is 1. The minimum Gasteiger partial charge on any atom is -0.347 e. The van der Waals surface area contributed by atoms with Gasteiger partial charge in [0.05, 0.1) is 11.7 Å². The van der Waals surface area contributed by atoms with E-state index < -0.39 is 0 Å². The first kappa shape index (κ1) is 18.3. The molecule has 3 aromatic rings. The largest absolute Gasteiger partial charge is 0.347 e. The van der Waals surface area contributed by atoms with Gasteiger partial charge < -0.3 is 10.6 Å². The van der Waals surface area contributed by atoms with Crippen LogP contribution in [0, 0.1) is 0 Å². The third-order valence-corrected chi connectivity index (χ3v) is 5.12. The van der Waals surface area contributed by atoms with Gasteiger partial charge in [-0.25, -0.2) is 0 Å². The molecule has 2 aromatic heterocycles. The first-order valence-electron chi connectivity index (χ1n) is 9.74. The normalized spacial score (nSPS) is 15.6. The number of hydrogen-bond donors (Lipinski definition) is 2. The maximum absolute atomic E-state index is 12.1. The summed E-state index contributed by atoms with van der Waals surface area (Å²) in [5.41, 5.74) is 5.29. The molecule has 1 amide bonds. The summed E-state index contributed by atoms with van der Waals surface area (Å²) in [5.74, 6) is -0.158. The molecule has 1 unspecified atom stereocenters. The SMILES string of the molecule is O=C(NCc1ccc(CNC2CCCc3cccnc32)cc1)c1ccccn1. The average Bonchev–Trinajstić information content (AvgIpc) is 2.77. The van der Waals surface area contributed by atoms with Crippen LogP contribution in [-0.4, -0.2) is 15.9 Å². The second kappa shape index (κ2) is 8.76. The number of rotatable bonds is 6. The molecule has 0 radical (unpaired) electrons. The summed E-state index contributed by atoms with van der Waals surface area (Å²) >= 11 is 0. The summed E-state index contributed by atoms with van der Waals surface area (Å²) in [7, 11) is 0. The number of hydrogen-bond acceptors (Lipinski definition) is 4. The summed E-state index contributed by atoms with van der Waals surface area (Å²) in [4.78, 5) is 20.7. The predicted molar refractivity (Wildman–Crippen MR) is 109 cm³/mol. The first-order valence-corrected chi connectivity index (χ1v) is 9.74. The van der Waals surface area contributed by atoms with E-state index in [4.69, 9.17) is 0 Å². The van der Waals surface area contributed by atoms with Crippen molar-refractivity contribution < 1.29 is 4.79 Å². The molecule has 0 fully saturated rings. The number of nitrogens with one attached hydrogen (secondary N) is 2. The van der Waals surface area contributed by atoms with Crippen LogP contribution in [0.3, 0.4) is 0 Å². The van der Waals surface area contributed by atoms with Crippen molar-refractivity contribution in [2.45, 2.75) is 38.4 Å². The van der Waals surface area contributed by atoms with Crippen LogP contribution in [0.5, 0.6) is 0 Å². The van der Waals surface area contributed by atoms with Gasteiger partial charge in [-0.05, 0) is 54.2 Å². The number of fused-ring (bicyclic) bond motifs is 1. The second-order valence-corrected chi connectivity index (χ2v) is 7.09. The van der Waals surface area contributed by atoms with Gasteiger partial charge in [-0.3, -0.25) is 14.8 Å². The lowest BCUT2D eigenvalue weighted by atomic mass is 9.92. The highest BCUT2D eigenvalue weighted by molar-refractivity contribution is 5.92. The molecule has 5 nitrogen and oxygen atoms in total. The number of pyridine rings is 2. The molecule has 2 heterocycles. The molecule has 0 saturated carbocycles. The minimum absolute atomic E-state index is 0.158. The Hall–Kier alpha value is -3.05. The summed E-state index contributed by atoms with van der Waals surface area (Å²) in [6.07, 6.45) is 6.96. The zero-order chi connectivity index (χ0) is 19.2. The standard InChI is InChI=1S/C23H24N4O/c28-23(21-7-1-2-13-24-21)27-16-18-11-9-17(10-12-18)15-26-20-8-3-5-19-6-4-14-25-22(19)20/h1-2,4,6-7,9-14,20,26H,3,5,8,15-16H2,(H,27,28). The third kappa shape index (κ3) is 4.43. The smallest absolute Gasteiger partial charge is 0.270 e. The summed E-state index contributed by atoms with van der Waals surface area (Å²) < 4.78 is 0. The van der Waals surface area contributed by atoms with E-state index in [0.717, 1.165) is 24.9 Å². The Morgan fingerprint density at radius 2 is 1.71 bits per heavy atom. The Labute approximate surface area is 165 Å². The molecule has 1 atom stereocenters. The number of benzene rings is 1. The molecule has 1 aliphatic rings. The average molecular weight is 372 g/mol. The van der Waals surface area contributed by atoms with Gasteiger partial charge in [0.1, 0.15) is 5.69 Å². The Kier molecular flexibility index (Phi) is 5.73. The van der Waals surface area contributed by atoms with Crippen molar-refractivity contribution in [1.29, 1.82) is 0 Å². The van der Waals surface area contributed by atoms with Gasteiger partial charge in [0.15, 0.2) is 0 Å². The van der Waals surface area contributed by atoms with Gasteiger partial charge in [-0.15, -0.1) is 0 Å². The van der Waals surface area contributed by atoms with E-state index in [-0.39, 0.29) is 5.91 Å². The van der Waals surface area contributed by atoms with E-state index in [1.165, 1.54) is 23.2 Å².